The summed E-state index contributed by atoms with van der Waals surface area (Å²) in [6.45, 7) is 0.320. The minimum atomic E-state index is -0.661. The Labute approximate surface area is 160 Å². The molecule has 1 aliphatic rings. The molecule has 0 spiro atoms. The number of amides is 3. The number of rotatable bonds is 6. The number of aromatic hydroxyl groups is 1. The van der Waals surface area contributed by atoms with E-state index < -0.39 is 23.5 Å². The molecular weight excluding hydrogens is 364 g/mol. The molecule has 0 saturated heterocycles. The zero-order chi connectivity index (χ0) is 20.4. The number of imide groups is 1. The van der Waals surface area contributed by atoms with Gasteiger partial charge in [0.25, 0.3) is 17.7 Å². The molecule has 1 aromatic heterocycles. The molecule has 3 rings (SSSR count). The van der Waals surface area contributed by atoms with Crippen LogP contribution in [0.3, 0.4) is 0 Å². The van der Waals surface area contributed by atoms with E-state index in [4.69, 9.17) is 0 Å². The lowest BCUT2D eigenvalue weighted by molar-refractivity contribution is -0.124. The first-order valence-electron chi connectivity index (χ1n) is 8.42. The second-order valence-corrected chi connectivity index (χ2v) is 6.37. The van der Waals surface area contributed by atoms with Gasteiger partial charge in [0.2, 0.25) is 0 Å². The normalized spacial score (nSPS) is 13.5. The van der Waals surface area contributed by atoms with Crippen LogP contribution in [-0.4, -0.2) is 51.6 Å². The molecule has 0 radical (unpaired) electrons. The molecule has 28 heavy (non-hydrogen) atoms. The van der Waals surface area contributed by atoms with Gasteiger partial charge in [0.15, 0.2) is 17.3 Å². The van der Waals surface area contributed by atoms with Crippen molar-refractivity contribution in [2.24, 2.45) is 7.05 Å². The molecule has 10 nitrogen and oxygen atoms in total. The Balaban J connectivity index is 1.89. The molecule has 0 unspecified atom stereocenters. The van der Waals surface area contributed by atoms with Crippen molar-refractivity contribution in [3.63, 3.8) is 0 Å². The summed E-state index contributed by atoms with van der Waals surface area (Å²) in [5.41, 5.74) is 0.815. The lowest BCUT2D eigenvalue weighted by Gasteiger charge is -2.10. The van der Waals surface area contributed by atoms with Crippen LogP contribution in [0.5, 0.6) is 5.75 Å². The number of benzene rings is 1. The molecule has 1 aromatic carbocycles. The summed E-state index contributed by atoms with van der Waals surface area (Å²) in [7, 11) is 4.57. The van der Waals surface area contributed by atoms with Gasteiger partial charge in [-0.2, -0.15) is 5.10 Å². The lowest BCUT2D eigenvalue weighted by atomic mass is 10.2. The van der Waals surface area contributed by atoms with Gasteiger partial charge in [-0.1, -0.05) is 30.3 Å². The van der Waals surface area contributed by atoms with Crippen molar-refractivity contribution in [1.29, 1.82) is 0 Å². The predicted octanol–water partition coefficient (Wildman–Crippen LogP) is -0.103. The Bertz CT molecular complexity index is 977. The number of nitrogens with one attached hydrogen (secondary N) is 3. The first kappa shape index (κ1) is 19.0. The molecule has 1 aliphatic heterocycles. The van der Waals surface area contributed by atoms with E-state index in [0.29, 0.717) is 6.54 Å². The molecule has 0 atom stereocenters. The highest BCUT2D eigenvalue weighted by molar-refractivity contribution is 6.20. The van der Waals surface area contributed by atoms with E-state index in [1.165, 1.54) is 16.6 Å². The zero-order valence-corrected chi connectivity index (χ0v) is 15.6. The van der Waals surface area contributed by atoms with Gasteiger partial charge in [0.1, 0.15) is 11.4 Å². The third-order valence-electron chi connectivity index (χ3n) is 4.12. The van der Waals surface area contributed by atoms with Gasteiger partial charge in [0.05, 0.1) is 0 Å². The summed E-state index contributed by atoms with van der Waals surface area (Å²) >= 11 is 0. The van der Waals surface area contributed by atoms with Crippen molar-refractivity contribution in [1.82, 2.24) is 25.3 Å². The van der Waals surface area contributed by atoms with E-state index in [-0.39, 0.29) is 22.9 Å². The standard InChI is InChI=1S/C18H20N6O4/c1-23(2)18(28)13-14(25)15(22-24(13)3)20-12-11(16(26)21-17(12)27)19-9-10-7-5-4-6-8-10/h4-8,25H,9H2,1-3H3,(H3,19,20,21,22,26,27). The van der Waals surface area contributed by atoms with Gasteiger partial charge in [-0.05, 0) is 5.56 Å². The van der Waals surface area contributed by atoms with E-state index in [9.17, 15) is 19.5 Å². The van der Waals surface area contributed by atoms with Crippen LogP contribution in [0.25, 0.3) is 0 Å². The van der Waals surface area contributed by atoms with Crippen molar-refractivity contribution < 1.29 is 19.5 Å². The quantitative estimate of drug-likeness (QED) is 0.512. The molecule has 4 N–H and O–H groups in total. The van der Waals surface area contributed by atoms with E-state index >= 15 is 0 Å². The Kier molecular flexibility index (Phi) is 5.03. The van der Waals surface area contributed by atoms with Crippen LogP contribution in [0.1, 0.15) is 16.1 Å². The van der Waals surface area contributed by atoms with Gasteiger partial charge < -0.3 is 20.6 Å². The van der Waals surface area contributed by atoms with Crippen LogP contribution in [-0.2, 0) is 23.2 Å². The topological polar surface area (TPSA) is 129 Å². The fourth-order valence-electron chi connectivity index (χ4n) is 2.70. The van der Waals surface area contributed by atoms with Crippen molar-refractivity contribution >= 4 is 23.5 Å². The second kappa shape index (κ2) is 7.43. The first-order valence-corrected chi connectivity index (χ1v) is 8.42. The molecule has 2 aromatic rings. The molecule has 0 aliphatic carbocycles. The maximum atomic E-state index is 12.2. The number of aromatic nitrogens is 2. The summed E-state index contributed by atoms with van der Waals surface area (Å²) in [5.74, 6) is -2.23. The summed E-state index contributed by atoms with van der Waals surface area (Å²) in [6, 6.07) is 9.34. The van der Waals surface area contributed by atoms with Crippen LogP contribution in [0.2, 0.25) is 0 Å². The van der Waals surface area contributed by atoms with E-state index in [2.05, 4.69) is 21.0 Å². The fourth-order valence-corrected chi connectivity index (χ4v) is 2.70. The smallest absolute Gasteiger partial charge is 0.277 e. The van der Waals surface area contributed by atoms with Gasteiger partial charge in [0, 0.05) is 27.7 Å². The van der Waals surface area contributed by atoms with Crippen molar-refractivity contribution in [3.8, 4) is 5.75 Å². The van der Waals surface area contributed by atoms with Crippen LogP contribution in [0.4, 0.5) is 5.82 Å². The number of carbonyl (C=O) groups excluding carboxylic acids is 3. The minimum Gasteiger partial charge on any atom is -0.503 e. The zero-order valence-electron chi connectivity index (χ0n) is 15.6. The predicted molar refractivity (Wildman–Crippen MR) is 100.0 cm³/mol. The van der Waals surface area contributed by atoms with Crippen molar-refractivity contribution in [2.45, 2.75) is 6.54 Å². The maximum absolute atomic E-state index is 12.2. The number of nitrogens with zero attached hydrogens (tertiary/aromatic N) is 3. The average Bonchev–Trinajstić information content (AvgIpc) is 3.08. The Hall–Kier alpha value is -3.82. The first-order chi connectivity index (χ1) is 13.3. The number of hydrogen-bond acceptors (Lipinski definition) is 7. The van der Waals surface area contributed by atoms with Crippen molar-refractivity contribution in [3.05, 3.63) is 53.0 Å². The molecule has 3 amide bonds. The summed E-state index contributed by atoms with van der Waals surface area (Å²) in [6.07, 6.45) is 0. The third-order valence-corrected chi connectivity index (χ3v) is 4.12. The Morgan fingerprint density at radius 2 is 1.82 bits per heavy atom. The van der Waals surface area contributed by atoms with Crippen LogP contribution < -0.4 is 16.0 Å². The number of anilines is 1. The average molecular weight is 384 g/mol. The fraction of sp³-hybridized carbons (Fsp3) is 0.222. The van der Waals surface area contributed by atoms with Crippen LogP contribution >= 0.6 is 0 Å². The molecule has 10 heteroatoms. The van der Waals surface area contributed by atoms with E-state index in [1.54, 1.807) is 14.1 Å². The maximum Gasteiger partial charge on any atom is 0.277 e. The monoisotopic (exact) mass is 384 g/mol. The molecule has 0 bridgehead atoms. The van der Waals surface area contributed by atoms with Gasteiger partial charge in [-0.3, -0.25) is 24.4 Å². The van der Waals surface area contributed by atoms with Gasteiger partial charge in [-0.25, -0.2) is 0 Å². The highest BCUT2D eigenvalue weighted by atomic mass is 16.3. The largest absolute Gasteiger partial charge is 0.503 e. The van der Waals surface area contributed by atoms with Gasteiger partial charge in [-0.15, -0.1) is 0 Å². The lowest BCUT2D eigenvalue weighted by Crippen LogP contribution is -2.27. The highest BCUT2D eigenvalue weighted by Gasteiger charge is 2.33. The number of aryl methyl sites for hydroxylation is 1. The van der Waals surface area contributed by atoms with E-state index in [0.717, 1.165) is 5.56 Å². The second-order valence-electron chi connectivity index (χ2n) is 6.37. The molecule has 0 fully saturated rings. The summed E-state index contributed by atoms with van der Waals surface area (Å²) in [5, 5.41) is 22.2. The SMILES string of the molecule is CN(C)C(=O)c1c(O)c(NC2=C(NCc3ccccc3)C(=O)NC2=O)nn1C. The Morgan fingerprint density at radius 3 is 2.46 bits per heavy atom. The minimum absolute atomic E-state index is 0.0272. The Morgan fingerprint density at radius 1 is 1.18 bits per heavy atom. The molecule has 0 saturated carbocycles. The highest BCUT2D eigenvalue weighted by Crippen LogP contribution is 2.29. The summed E-state index contributed by atoms with van der Waals surface area (Å²) in [4.78, 5) is 37.8. The molecular formula is C18H20N6O4. The number of hydrogen-bond donors (Lipinski definition) is 4. The van der Waals surface area contributed by atoms with Crippen molar-refractivity contribution in [2.75, 3.05) is 19.4 Å². The van der Waals surface area contributed by atoms with Gasteiger partial charge >= 0.3 is 0 Å². The molecule has 2 heterocycles. The van der Waals surface area contributed by atoms with E-state index in [1.807, 2.05) is 30.3 Å². The van der Waals surface area contributed by atoms with Crippen LogP contribution in [0, 0.1) is 0 Å². The molecule has 146 valence electrons. The summed E-state index contributed by atoms with van der Waals surface area (Å²) < 4.78 is 1.20. The number of carbonyl (C=O) groups is 3. The van der Waals surface area contributed by atoms with Crippen LogP contribution in [0.15, 0.2) is 41.7 Å². The third kappa shape index (κ3) is 3.52.